The van der Waals surface area contributed by atoms with Gasteiger partial charge in [-0.25, -0.2) is 22.2 Å². The largest absolute Gasteiger partial charge is 0.488 e. The van der Waals surface area contributed by atoms with E-state index in [-0.39, 0.29) is 48.0 Å². The third-order valence-corrected chi connectivity index (χ3v) is 12.1. The number of benzene rings is 1. The number of carbonyl (C=O) groups is 3. The summed E-state index contributed by atoms with van der Waals surface area (Å²) in [6.45, 7) is 5.01. The quantitative estimate of drug-likeness (QED) is 0.366. The van der Waals surface area contributed by atoms with E-state index >= 15 is 0 Å². The number of sulfonamides is 1. The van der Waals surface area contributed by atoms with E-state index in [1.165, 1.54) is 17.0 Å². The molecule has 49 heavy (non-hydrogen) atoms. The Labute approximate surface area is 284 Å². The molecule has 2 aliphatic carbocycles. The minimum absolute atomic E-state index is 0.00137. The smallest absolute Gasteiger partial charge is 0.259 e. The first-order valence-corrected chi connectivity index (χ1v) is 18.4. The number of hydrogen-bond donors (Lipinski definition) is 3. The molecule has 5 atom stereocenters. The highest BCUT2D eigenvalue weighted by atomic mass is 32.2. The Morgan fingerprint density at radius 3 is 2.65 bits per heavy atom. The van der Waals surface area contributed by atoms with E-state index in [0.29, 0.717) is 25.7 Å². The van der Waals surface area contributed by atoms with Crippen molar-refractivity contribution < 1.29 is 41.1 Å². The standard InChI is InChI=1S/C34H43F2N5O7S/c1-19(2)47-27-16-26(22-11-12-23(35)28(36)29(22)38-27)48-21-15-25-30(42)39-34(32(44)40-49(45,46)33(3)13-14-33)17-20(34)9-7-5-4-6-8-10-24(37)31(43)41(25)18-21/h7,9,11-12,16,19-21,24-25H,4-6,8,10,13-15,17-18,37H2,1-3H3,(H,39,42)(H,40,44). The van der Waals surface area contributed by atoms with Gasteiger partial charge < -0.3 is 25.4 Å². The molecule has 2 saturated carbocycles. The molecule has 0 bridgehead atoms. The number of allylic oxidation sites excluding steroid dienone is 1. The second-order valence-electron chi connectivity index (χ2n) is 14.2. The summed E-state index contributed by atoms with van der Waals surface area (Å²) in [5, 5.41) is 2.99. The minimum Gasteiger partial charge on any atom is -0.488 e. The van der Waals surface area contributed by atoms with Crippen LogP contribution in [0.25, 0.3) is 10.9 Å². The van der Waals surface area contributed by atoms with E-state index in [1.807, 2.05) is 12.2 Å². The Morgan fingerprint density at radius 1 is 1.18 bits per heavy atom. The Morgan fingerprint density at radius 2 is 1.94 bits per heavy atom. The fraction of sp³-hybridized carbons (Fsp3) is 0.588. The molecule has 0 radical (unpaired) electrons. The van der Waals surface area contributed by atoms with Gasteiger partial charge in [0.1, 0.15) is 29.0 Å². The van der Waals surface area contributed by atoms with Crippen LogP contribution in [0.1, 0.15) is 78.6 Å². The highest BCUT2D eigenvalue weighted by Crippen LogP contribution is 2.47. The molecule has 5 unspecified atom stereocenters. The van der Waals surface area contributed by atoms with Gasteiger partial charge in [0.05, 0.1) is 23.4 Å². The van der Waals surface area contributed by atoms with Crippen LogP contribution in [0.5, 0.6) is 11.6 Å². The summed E-state index contributed by atoms with van der Waals surface area (Å²) in [5.74, 6) is -4.53. The van der Waals surface area contributed by atoms with Gasteiger partial charge in [-0.1, -0.05) is 25.0 Å². The van der Waals surface area contributed by atoms with E-state index < -0.39 is 73.8 Å². The van der Waals surface area contributed by atoms with Crippen LogP contribution >= 0.6 is 0 Å². The Kier molecular flexibility index (Phi) is 9.37. The summed E-state index contributed by atoms with van der Waals surface area (Å²) in [4.78, 5) is 47.0. The monoisotopic (exact) mass is 703 g/mol. The molecule has 3 heterocycles. The fourth-order valence-corrected chi connectivity index (χ4v) is 7.91. The van der Waals surface area contributed by atoms with Crippen molar-refractivity contribution in [2.45, 2.75) is 113 Å². The number of hydrogen-bond acceptors (Lipinski definition) is 9. The van der Waals surface area contributed by atoms with Gasteiger partial charge in [0.25, 0.3) is 5.91 Å². The van der Waals surface area contributed by atoms with Crippen LogP contribution in [0.2, 0.25) is 0 Å². The molecule has 0 spiro atoms. The molecule has 2 aliphatic heterocycles. The number of rotatable bonds is 7. The molecule has 3 fully saturated rings. The van der Waals surface area contributed by atoms with Crippen LogP contribution in [0.4, 0.5) is 8.78 Å². The van der Waals surface area contributed by atoms with Crippen LogP contribution in [-0.2, 0) is 24.4 Å². The molecule has 2 aromatic rings. The van der Waals surface area contributed by atoms with Crippen LogP contribution in [0.3, 0.4) is 0 Å². The maximum Gasteiger partial charge on any atom is 0.259 e. The zero-order valence-corrected chi connectivity index (χ0v) is 28.7. The van der Waals surface area contributed by atoms with E-state index in [1.54, 1.807) is 20.8 Å². The van der Waals surface area contributed by atoms with Crippen molar-refractivity contribution >= 4 is 38.6 Å². The first-order chi connectivity index (χ1) is 23.1. The van der Waals surface area contributed by atoms with E-state index in [2.05, 4.69) is 15.0 Å². The SMILES string of the molecule is CC(C)Oc1cc(OC2CC3C(=O)NC4(C(=O)NS(=O)(=O)C5(C)CC5)CC4C=CCCCCCC(N)C(=O)N3C2)c2ccc(F)c(F)c2n1. The number of pyridine rings is 1. The maximum absolute atomic E-state index is 14.9. The number of nitrogens with zero attached hydrogens (tertiary/aromatic N) is 2. The number of aromatic nitrogens is 1. The molecule has 12 nitrogen and oxygen atoms in total. The van der Waals surface area contributed by atoms with Gasteiger partial charge in [-0.2, -0.15) is 0 Å². The normalized spacial score (nSPS) is 28.6. The number of nitrogens with one attached hydrogen (secondary N) is 2. The lowest BCUT2D eigenvalue weighted by molar-refractivity contribution is -0.140. The van der Waals surface area contributed by atoms with Crippen molar-refractivity contribution in [3.63, 3.8) is 0 Å². The lowest BCUT2D eigenvalue weighted by Gasteiger charge is -2.28. The number of carbonyl (C=O) groups excluding carboxylic acids is 3. The van der Waals surface area contributed by atoms with E-state index in [4.69, 9.17) is 15.2 Å². The molecule has 15 heteroatoms. The molecule has 4 N–H and O–H groups in total. The van der Waals surface area contributed by atoms with Gasteiger partial charge >= 0.3 is 0 Å². The van der Waals surface area contributed by atoms with Crippen LogP contribution in [0.15, 0.2) is 30.4 Å². The predicted octanol–water partition coefficient (Wildman–Crippen LogP) is 3.37. The van der Waals surface area contributed by atoms with E-state index in [0.717, 1.165) is 25.3 Å². The molecular formula is C34H43F2N5O7S. The minimum atomic E-state index is -3.98. The third kappa shape index (κ3) is 6.96. The lowest BCUT2D eigenvalue weighted by atomic mass is 10.1. The first-order valence-electron chi connectivity index (χ1n) is 16.9. The van der Waals surface area contributed by atoms with Gasteiger partial charge in [0, 0.05) is 23.8 Å². The summed E-state index contributed by atoms with van der Waals surface area (Å²) in [6, 6.07) is 1.73. The molecule has 1 aromatic carbocycles. The summed E-state index contributed by atoms with van der Waals surface area (Å²) in [5.41, 5.74) is 4.53. The second-order valence-corrected chi connectivity index (χ2v) is 16.4. The second kappa shape index (κ2) is 13.1. The van der Waals surface area contributed by atoms with Crippen LogP contribution in [0, 0.1) is 17.6 Å². The molecule has 6 rings (SSSR count). The molecule has 1 saturated heterocycles. The number of nitrogens with two attached hydrogens (primary N) is 1. The lowest BCUT2D eigenvalue weighted by Crippen LogP contribution is -2.58. The molecule has 4 aliphatic rings. The van der Waals surface area contributed by atoms with Crippen LogP contribution in [-0.4, -0.2) is 77.1 Å². The van der Waals surface area contributed by atoms with Crippen molar-refractivity contribution in [3.05, 3.63) is 42.0 Å². The zero-order chi connectivity index (χ0) is 35.3. The first kappa shape index (κ1) is 35.0. The summed E-state index contributed by atoms with van der Waals surface area (Å²) in [7, 11) is -3.98. The van der Waals surface area contributed by atoms with Crippen molar-refractivity contribution in [2.75, 3.05) is 6.54 Å². The Balaban J connectivity index is 1.31. The van der Waals surface area contributed by atoms with Gasteiger partial charge in [0.2, 0.25) is 27.7 Å². The Hall–Kier alpha value is -3.85. The molecular weight excluding hydrogens is 660 g/mol. The molecule has 1 aromatic heterocycles. The molecule has 3 amide bonds. The van der Waals surface area contributed by atoms with Gasteiger partial charge in [0.15, 0.2) is 11.6 Å². The average Bonchev–Trinajstić information content (AvgIpc) is 3.91. The van der Waals surface area contributed by atoms with Gasteiger partial charge in [-0.3, -0.25) is 19.1 Å². The van der Waals surface area contributed by atoms with Gasteiger partial charge in [-0.05, 0) is 71.4 Å². The summed E-state index contributed by atoms with van der Waals surface area (Å²) >= 11 is 0. The Bertz CT molecular complexity index is 1800. The third-order valence-electron chi connectivity index (χ3n) is 9.98. The van der Waals surface area contributed by atoms with Crippen molar-refractivity contribution in [2.24, 2.45) is 11.7 Å². The highest BCUT2D eigenvalue weighted by molar-refractivity contribution is 7.91. The summed E-state index contributed by atoms with van der Waals surface area (Å²) in [6.07, 6.45) is 7.14. The van der Waals surface area contributed by atoms with Gasteiger partial charge in [-0.15, -0.1) is 0 Å². The van der Waals surface area contributed by atoms with Crippen molar-refractivity contribution in [3.8, 4) is 11.6 Å². The number of halogens is 2. The summed E-state index contributed by atoms with van der Waals surface area (Å²) < 4.78 is 68.2. The van der Waals surface area contributed by atoms with Crippen molar-refractivity contribution in [1.82, 2.24) is 19.9 Å². The number of amides is 3. The van der Waals surface area contributed by atoms with Crippen LogP contribution < -0.4 is 25.2 Å². The number of fused-ring (bicyclic) bond motifs is 3. The average molecular weight is 704 g/mol. The highest BCUT2D eigenvalue weighted by Gasteiger charge is 2.63. The van der Waals surface area contributed by atoms with E-state index in [9.17, 15) is 31.6 Å². The zero-order valence-electron chi connectivity index (χ0n) is 27.8. The predicted molar refractivity (Wildman–Crippen MR) is 176 cm³/mol. The molecule has 266 valence electrons. The number of ether oxygens (including phenoxy) is 2. The fourth-order valence-electron chi connectivity index (χ4n) is 6.60. The topological polar surface area (TPSA) is 170 Å². The maximum atomic E-state index is 14.9. The van der Waals surface area contributed by atoms with Crippen molar-refractivity contribution in [1.29, 1.82) is 0 Å².